The zero-order chi connectivity index (χ0) is 19.7. The summed E-state index contributed by atoms with van der Waals surface area (Å²) < 4.78 is 4.26. The van der Waals surface area contributed by atoms with E-state index in [1.54, 1.807) is 58.3 Å². The summed E-state index contributed by atoms with van der Waals surface area (Å²) in [5.41, 5.74) is 1.45. The predicted octanol–water partition coefficient (Wildman–Crippen LogP) is 6.37. The minimum atomic E-state index is -0.157. The number of esters is 1. The van der Waals surface area contributed by atoms with Gasteiger partial charge in [-0.3, -0.25) is 4.79 Å². The third-order valence-electron chi connectivity index (χ3n) is 9.79. The van der Waals surface area contributed by atoms with Crippen molar-refractivity contribution in [3.8, 4) is 0 Å². The Hall–Kier alpha value is 1.11. The molecule has 0 aromatic heterocycles. The van der Waals surface area contributed by atoms with E-state index in [-0.39, 0.29) is 57.4 Å². The van der Waals surface area contributed by atoms with Crippen molar-refractivity contribution in [2.24, 2.45) is 40.4 Å². The zero-order valence-corrected chi connectivity index (χ0v) is 18.7. The maximum atomic E-state index is 9.96. The Morgan fingerprint density at radius 1 is 0.893 bits per heavy atom. The Morgan fingerprint density at radius 2 is 1.61 bits per heavy atom. The summed E-state index contributed by atoms with van der Waals surface area (Å²) in [7, 11) is 1.38. The summed E-state index contributed by atoms with van der Waals surface area (Å²) in [6.07, 6.45) is 17.5. The minimum absolute atomic E-state index is 0. The second-order valence-corrected chi connectivity index (χ2v) is 10.6. The van der Waals surface area contributed by atoms with Gasteiger partial charge >= 0.3 is 57.4 Å². The first-order valence-electron chi connectivity index (χ1n) is 12.0. The van der Waals surface area contributed by atoms with Gasteiger partial charge in [-0.25, -0.2) is 0 Å². The van der Waals surface area contributed by atoms with E-state index in [0.29, 0.717) is 11.8 Å². The van der Waals surface area contributed by atoms with Crippen molar-refractivity contribution in [1.82, 2.24) is 0 Å². The maximum absolute atomic E-state index is 9.96. The van der Waals surface area contributed by atoms with Crippen LogP contribution in [-0.2, 0) is 9.53 Å². The molecule has 4 fully saturated rings. The monoisotopic (exact) mass is 416 g/mol. The standard InChI is InChI=1S/C21H36.C4H8O2.K.H/c1-4-15-9-11-18-17-10-8-16-7-5-6-13-20(16,2)19(17)12-14-21(15,18)3;1-3-4(5)6-2;;/h15-19H,4-14H2,1-3H3;3H2,1-2H3;;/t15-,16-,17-,18-,19-,20-,21+;;;/m0.../s1. The van der Waals surface area contributed by atoms with Crippen molar-refractivity contribution < 1.29 is 9.53 Å². The molecule has 0 amide bonds. The summed E-state index contributed by atoms with van der Waals surface area (Å²) in [5.74, 6) is 5.24. The molecule has 7 atom stereocenters. The molecule has 2 nitrogen and oxygen atoms in total. The van der Waals surface area contributed by atoms with Gasteiger partial charge in [0.2, 0.25) is 0 Å². The number of fused-ring (bicyclic) bond motifs is 5. The van der Waals surface area contributed by atoms with Crippen molar-refractivity contribution in [2.75, 3.05) is 7.11 Å². The molecule has 0 bridgehead atoms. The third kappa shape index (κ3) is 4.64. The van der Waals surface area contributed by atoms with E-state index in [9.17, 15) is 4.79 Å². The molecule has 3 heteroatoms. The van der Waals surface area contributed by atoms with Crippen molar-refractivity contribution in [3.05, 3.63) is 0 Å². The van der Waals surface area contributed by atoms with Crippen LogP contribution in [0.5, 0.6) is 0 Å². The SMILES string of the molecule is CCC(=O)OC.CC[C@H]1CC[C@H]2[C@@H]3CC[C@@H]4CCCC[C@]4(C)[C@H]3CC[C@]12C.[KH]. The van der Waals surface area contributed by atoms with Crippen LogP contribution in [0.3, 0.4) is 0 Å². The molecule has 0 aliphatic heterocycles. The van der Waals surface area contributed by atoms with E-state index in [2.05, 4.69) is 25.5 Å². The molecule has 0 spiro atoms. The van der Waals surface area contributed by atoms with Gasteiger partial charge in [-0.05, 0) is 91.8 Å². The van der Waals surface area contributed by atoms with Crippen LogP contribution >= 0.6 is 0 Å². The molecule has 0 unspecified atom stereocenters. The summed E-state index contributed by atoms with van der Waals surface area (Å²) in [5, 5.41) is 0. The second-order valence-electron chi connectivity index (χ2n) is 10.6. The van der Waals surface area contributed by atoms with Crippen LogP contribution in [0.2, 0.25) is 0 Å². The van der Waals surface area contributed by atoms with Gasteiger partial charge in [0.1, 0.15) is 0 Å². The molecular weight excluding hydrogens is 371 g/mol. The van der Waals surface area contributed by atoms with Crippen LogP contribution in [0.4, 0.5) is 0 Å². The number of carbonyl (C=O) groups excluding carboxylic acids is 1. The number of rotatable bonds is 2. The van der Waals surface area contributed by atoms with Gasteiger partial charge in [0, 0.05) is 6.42 Å². The van der Waals surface area contributed by atoms with Crippen molar-refractivity contribution in [2.45, 2.75) is 105 Å². The molecule has 4 rings (SSSR count). The molecule has 4 aliphatic carbocycles. The summed E-state index contributed by atoms with van der Waals surface area (Å²) in [6.45, 7) is 9.60. The van der Waals surface area contributed by atoms with Gasteiger partial charge in [0.25, 0.3) is 0 Å². The first-order valence-corrected chi connectivity index (χ1v) is 12.0. The molecule has 4 aliphatic rings. The first kappa shape index (κ1) is 25.4. The van der Waals surface area contributed by atoms with Crippen LogP contribution in [-0.4, -0.2) is 64.5 Å². The molecule has 28 heavy (non-hydrogen) atoms. The van der Waals surface area contributed by atoms with Crippen molar-refractivity contribution >= 4 is 57.4 Å². The van der Waals surface area contributed by atoms with Gasteiger partial charge < -0.3 is 4.74 Å². The molecule has 4 saturated carbocycles. The average molecular weight is 417 g/mol. The van der Waals surface area contributed by atoms with Crippen LogP contribution < -0.4 is 0 Å². The number of methoxy groups -OCH3 is 1. The van der Waals surface area contributed by atoms with Crippen LogP contribution in [0, 0.1) is 40.4 Å². The topological polar surface area (TPSA) is 26.3 Å². The predicted molar refractivity (Wildman–Crippen MR) is 120 cm³/mol. The molecular formula is C25H45KO2. The van der Waals surface area contributed by atoms with Crippen molar-refractivity contribution in [1.29, 1.82) is 0 Å². The van der Waals surface area contributed by atoms with Crippen LogP contribution in [0.25, 0.3) is 0 Å². The fourth-order valence-electron chi connectivity index (χ4n) is 8.22. The molecule has 0 N–H and O–H groups in total. The summed E-state index contributed by atoms with van der Waals surface area (Å²) in [4.78, 5) is 9.96. The van der Waals surface area contributed by atoms with E-state index in [0.717, 1.165) is 35.0 Å². The fraction of sp³-hybridized carbons (Fsp3) is 0.960. The van der Waals surface area contributed by atoms with E-state index in [1.165, 1.54) is 26.4 Å². The van der Waals surface area contributed by atoms with Crippen molar-refractivity contribution in [3.63, 3.8) is 0 Å². The molecule has 0 radical (unpaired) electrons. The van der Waals surface area contributed by atoms with Gasteiger partial charge in [0.05, 0.1) is 7.11 Å². The van der Waals surface area contributed by atoms with E-state index < -0.39 is 0 Å². The number of hydrogen-bond acceptors (Lipinski definition) is 2. The second kappa shape index (κ2) is 10.6. The van der Waals surface area contributed by atoms with Gasteiger partial charge in [-0.2, -0.15) is 0 Å². The fourth-order valence-corrected chi connectivity index (χ4v) is 8.22. The molecule has 0 aromatic carbocycles. The summed E-state index contributed by atoms with van der Waals surface area (Å²) in [6, 6.07) is 0. The van der Waals surface area contributed by atoms with E-state index >= 15 is 0 Å². The normalized spacial score (nSPS) is 44.0. The number of carbonyl (C=O) groups is 1. The average Bonchev–Trinajstić information content (AvgIpc) is 3.03. The quantitative estimate of drug-likeness (QED) is 0.386. The van der Waals surface area contributed by atoms with Gasteiger partial charge in [-0.1, -0.05) is 47.0 Å². The molecule has 0 saturated heterocycles. The third-order valence-corrected chi connectivity index (χ3v) is 9.79. The molecule has 0 heterocycles. The van der Waals surface area contributed by atoms with Gasteiger partial charge in [-0.15, -0.1) is 0 Å². The summed E-state index contributed by atoms with van der Waals surface area (Å²) >= 11 is 0. The number of ether oxygens (including phenoxy) is 1. The van der Waals surface area contributed by atoms with Crippen LogP contribution in [0.1, 0.15) is 105 Å². The Balaban J connectivity index is 0.000000353. The molecule has 0 aromatic rings. The molecule has 158 valence electrons. The van der Waals surface area contributed by atoms with E-state index in [1.807, 2.05) is 0 Å². The van der Waals surface area contributed by atoms with Gasteiger partial charge in [0.15, 0.2) is 0 Å². The Morgan fingerprint density at radius 3 is 2.21 bits per heavy atom. The Bertz CT molecular complexity index is 515. The first-order chi connectivity index (χ1) is 12.9. The zero-order valence-electron chi connectivity index (χ0n) is 18.7. The Kier molecular flexibility index (Phi) is 9.62. The van der Waals surface area contributed by atoms with E-state index in [4.69, 9.17) is 0 Å². The Labute approximate surface area is 217 Å². The van der Waals surface area contributed by atoms with Crippen LogP contribution in [0.15, 0.2) is 0 Å². The number of hydrogen-bond donors (Lipinski definition) is 0.